The number of imidazole rings is 1. The molecule has 29 heavy (non-hydrogen) atoms. The lowest BCUT2D eigenvalue weighted by atomic mass is 10.2. The first-order valence-electron chi connectivity index (χ1n) is 8.98. The summed E-state index contributed by atoms with van der Waals surface area (Å²) in [5.41, 5.74) is 3.56. The van der Waals surface area contributed by atoms with Gasteiger partial charge >= 0.3 is 0 Å². The fraction of sp³-hybridized carbons (Fsp3) is 0.0952. The van der Waals surface area contributed by atoms with Crippen molar-refractivity contribution in [3.63, 3.8) is 0 Å². The van der Waals surface area contributed by atoms with Crippen LogP contribution in [0.1, 0.15) is 10.7 Å². The lowest BCUT2D eigenvalue weighted by Gasteiger charge is -2.02. The predicted molar refractivity (Wildman–Crippen MR) is 118 cm³/mol. The number of nitrogens with zero attached hydrogens (tertiary/aromatic N) is 3. The minimum Gasteiger partial charge on any atom is -0.337 e. The number of hydrogen-bond acceptors (Lipinski definition) is 6. The molecule has 8 heteroatoms. The number of thioether (sulfide) groups is 1. The Morgan fingerprint density at radius 1 is 1.07 bits per heavy atom. The molecule has 0 bridgehead atoms. The van der Waals surface area contributed by atoms with Crippen molar-refractivity contribution in [3.8, 4) is 11.3 Å². The molecule has 0 saturated heterocycles. The SMILES string of the molecule is Nn1cc(-c2ccccc2)nc1SCc1csc(CC(=O)Nc2ccccc2)n1. The number of carbonyl (C=O) groups excluding carboxylic acids is 1. The molecule has 2 aromatic heterocycles. The van der Waals surface area contributed by atoms with Gasteiger partial charge in [-0.2, -0.15) is 0 Å². The number of benzene rings is 2. The summed E-state index contributed by atoms with van der Waals surface area (Å²) in [4.78, 5) is 21.3. The summed E-state index contributed by atoms with van der Waals surface area (Å²) in [6.45, 7) is 0. The maximum absolute atomic E-state index is 12.2. The maximum Gasteiger partial charge on any atom is 0.231 e. The molecule has 0 aliphatic carbocycles. The number of carbonyl (C=O) groups is 1. The molecule has 4 rings (SSSR count). The van der Waals surface area contributed by atoms with Gasteiger partial charge in [-0.1, -0.05) is 60.3 Å². The monoisotopic (exact) mass is 421 g/mol. The molecule has 0 unspecified atom stereocenters. The van der Waals surface area contributed by atoms with E-state index in [2.05, 4.69) is 15.3 Å². The Balaban J connectivity index is 1.34. The summed E-state index contributed by atoms with van der Waals surface area (Å²) in [5.74, 6) is 6.61. The summed E-state index contributed by atoms with van der Waals surface area (Å²) in [6, 6.07) is 19.3. The van der Waals surface area contributed by atoms with Crippen LogP contribution in [0.2, 0.25) is 0 Å². The third kappa shape index (κ3) is 5.04. The zero-order valence-corrected chi connectivity index (χ0v) is 17.1. The standard InChI is InChI=1S/C21H19N5OS2/c22-26-12-18(15-7-3-1-4-8-15)25-21(26)29-14-17-13-28-20(24-17)11-19(27)23-16-9-5-2-6-10-16/h1-10,12-13H,11,14,22H2,(H,23,27). The molecule has 146 valence electrons. The number of nitrogens with one attached hydrogen (secondary N) is 1. The van der Waals surface area contributed by atoms with Crippen LogP contribution in [0, 0.1) is 0 Å². The highest BCUT2D eigenvalue weighted by Crippen LogP contribution is 2.26. The maximum atomic E-state index is 12.2. The van der Waals surface area contributed by atoms with Crippen LogP contribution in [0.4, 0.5) is 5.69 Å². The van der Waals surface area contributed by atoms with Gasteiger partial charge in [0.15, 0.2) is 5.16 Å². The van der Waals surface area contributed by atoms with Crippen molar-refractivity contribution in [1.82, 2.24) is 14.6 Å². The number of nitrogens with two attached hydrogens (primary N) is 1. The summed E-state index contributed by atoms with van der Waals surface area (Å²) in [7, 11) is 0. The minimum absolute atomic E-state index is 0.0743. The number of anilines is 1. The van der Waals surface area contributed by atoms with Crippen molar-refractivity contribution in [2.45, 2.75) is 17.3 Å². The number of rotatable bonds is 7. The van der Waals surface area contributed by atoms with Gasteiger partial charge in [-0.05, 0) is 12.1 Å². The van der Waals surface area contributed by atoms with Gasteiger partial charge in [-0.15, -0.1) is 11.3 Å². The molecule has 1 amide bonds. The van der Waals surface area contributed by atoms with E-state index in [0.29, 0.717) is 5.75 Å². The van der Waals surface area contributed by atoms with Crippen LogP contribution >= 0.6 is 23.1 Å². The van der Waals surface area contributed by atoms with Gasteiger partial charge in [0.2, 0.25) is 5.91 Å². The first-order chi connectivity index (χ1) is 14.2. The van der Waals surface area contributed by atoms with Crippen LogP contribution in [0.15, 0.2) is 77.4 Å². The molecule has 2 heterocycles. The molecule has 0 spiro atoms. The van der Waals surface area contributed by atoms with Crippen LogP contribution in [0.5, 0.6) is 0 Å². The van der Waals surface area contributed by atoms with Gasteiger partial charge < -0.3 is 11.2 Å². The molecule has 0 aliphatic rings. The number of aromatic nitrogens is 3. The van der Waals surface area contributed by atoms with E-state index < -0.39 is 0 Å². The number of thiazole rings is 1. The highest BCUT2D eigenvalue weighted by molar-refractivity contribution is 7.98. The van der Waals surface area contributed by atoms with E-state index in [4.69, 9.17) is 5.84 Å². The van der Waals surface area contributed by atoms with E-state index >= 15 is 0 Å². The molecule has 0 atom stereocenters. The van der Waals surface area contributed by atoms with Gasteiger partial charge in [0.25, 0.3) is 0 Å². The quantitative estimate of drug-likeness (QED) is 0.345. The second-order valence-corrected chi connectivity index (χ2v) is 8.18. The first kappa shape index (κ1) is 19.2. The summed E-state index contributed by atoms with van der Waals surface area (Å²) >= 11 is 3.01. The van der Waals surface area contributed by atoms with Crippen molar-refractivity contribution in [1.29, 1.82) is 0 Å². The van der Waals surface area contributed by atoms with Crippen molar-refractivity contribution in [2.75, 3.05) is 11.2 Å². The molecule has 4 aromatic rings. The smallest absolute Gasteiger partial charge is 0.231 e. The molecular weight excluding hydrogens is 402 g/mol. The number of para-hydroxylation sites is 1. The largest absolute Gasteiger partial charge is 0.337 e. The van der Waals surface area contributed by atoms with E-state index in [1.807, 2.05) is 72.2 Å². The zero-order chi connectivity index (χ0) is 20.1. The van der Waals surface area contributed by atoms with Crippen molar-refractivity contribution in [2.24, 2.45) is 0 Å². The molecule has 3 N–H and O–H groups in total. The van der Waals surface area contributed by atoms with Crippen LogP contribution in [-0.2, 0) is 17.0 Å². The Bertz CT molecular complexity index is 1090. The average Bonchev–Trinajstić information content (AvgIpc) is 3.34. The normalized spacial score (nSPS) is 10.8. The van der Waals surface area contributed by atoms with Crippen molar-refractivity contribution in [3.05, 3.63) is 82.9 Å². The van der Waals surface area contributed by atoms with Crippen molar-refractivity contribution >= 4 is 34.7 Å². The lowest BCUT2D eigenvalue weighted by Crippen LogP contribution is -2.14. The molecular formula is C21H19N5OS2. The summed E-state index contributed by atoms with van der Waals surface area (Å²) < 4.78 is 1.54. The Morgan fingerprint density at radius 3 is 2.55 bits per heavy atom. The van der Waals surface area contributed by atoms with Gasteiger partial charge in [0.1, 0.15) is 5.01 Å². The van der Waals surface area contributed by atoms with Gasteiger partial charge in [-0.3, -0.25) is 4.79 Å². The molecule has 0 saturated carbocycles. The first-order valence-corrected chi connectivity index (χ1v) is 10.8. The van der Waals surface area contributed by atoms with Crippen LogP contribution in [0.25, 0.3) is 11.3 Å². The van der Waals surface area contributed by atoms with Crippen molar-refractivity contribution < 1.29 is 4.79 Å². The lowest BCUT2D eigenvalue weighted by molar-refractivity contribution is -0.115. The van der Waals surface area contributed by atoms with Crippen LogP contribution in [0.3, 0.4) is 0 Å². The number of nitrogen functional groups attached to an aromatic ring is 1. The third-order valence-corrected chi connectivity index (χ3v) is 5.98. The van der Waals surface area contributed by atoms with E-state index in [1.54, 1.807) is 0 Å². The van der Waals surface area contributed by atoms with Gasteiger partial charge in [0.05, 0.1) is 24.0 Å². The molecule has 0 aliphatic heterocycles. The minimum atomic E-state index is -0.0743. The van der Waals surface area contributed by atoms with Gasteiger partial charge in [-0.25, -0.2) is 14.6 Å². The predicted octanol–water partition coefficient (Wildman–Crippen LogP) is 4.19. The Kier molecular flexibility index (Phi) is 5.92. The van der Waals surface area contributed by atoms with Gasteiger partial charge in [0, 0.05) is 22.4 Å². The zero-order valence-electron chi connectivity index (χ0n) is 15.5. The number of amides is 1. The molecule has 2 aromatic carbocycles. The summed E-state index contributed by atoms with van der Waals surface area (Å²) in [6.07, 6.45) is 2.08. The van der Waals surface area contributed by atoms with E-state index in [9.17, 15) is 4.79 Å². The highest BCUT2D eigenvalue weighted by atomic mass is 32.2. The van der Waals surface area contributed by atoms with Crippen LogP contribution in [-0.4, -0.2) is 20.6 Å². The Morgan fingerprint density at radius 2 is 1.79 bits per heavy atom. The van der Waals surface area contributed by atoms with E-state index in [1.165, 1.54) is 27.8 Å². The number of hydrogen-bond donors (Lipinski definition) is 2. The molecule has 0 radical (unpaired) electrons. The topological polar surface area (TPSA) is 85.8 Å². The third-order valence-electron chi connectivity index (χ3n) is 4.09. The second kappa shape index (κ2) is 8.93. The molecule has 6 nitrogen and oxygen atoms in total. The van der Waals surface area contributed by atoms with Crippen LogP contribution < -0.4 is 11.2 Å². The Hall–Kier alpha value is -3.10. The Labute approximate surface area is 176 Å². The highest BCUT2D eigenvalue weighted by Gasteiger charge is 2.12. The fourth-order valence-corrected chi connectivity index (χ4v) is 4.42. The molecule has 0 fully saturated rings. The second-order valence-electron chi connectivity index (χ2n) is 6.29. The van der Waals surface area contributed by atoms with E-state index in [0.717, 1.165) is 32.8 Å². The average molecular weight is 422 g/mol. The van der Waals surface area contributed by atoms with E-state index in [-0.39, 0.29) is 12.3 Å². The summed E-state index contributed by atoms with van der Waals surface area (Å²) in [5, 5.41) is 6.36. The fourth-order valence-electron chi connectivity index (χ4n) is 2.73.